The highest BCUT2D eigenvalue weighted by Gasteiger charge is 2.23. The quantitative estimate of drug-likeness (QED) is 0.531. The van der Waals surface area contributed by atoms with Crippen molar-refractivity contribution < 1.29 is 13.8 Å². The van der Waals surface area contributed by atoms with Crippen LogP contribution in [-0.2, 0) is 7.05 Å². The van der Waals surface area contributed by atoms with E-state index in [0.29, 0.717) is 10.8 Å². The number of rotatable bonds is 4. The molecule has 3 rings (SSSR count). The Morgan fingerprint density at radius 3 is 3.00 bits per heavy atom. The van der Waals surface area contributed by atoms with Gasteiger partial charge >= 0.3 is 5.82 Å². The molecule has 0 aliphatic rings. The standard InChI is InChI=1S/C10H7N5O4S/c1-14-5-11-7(15(16)17)9(14)20-10-13-12-8(19-10)6-3-2-4-18-6/h2-5H,1H3. The second kappa shape index (κ2) is 4.81. The van der Waals surface area contributed by atoms with Crippen LogP contribution in [0.1, 0.15) is 0 Å². The smallest absolute Gasteiger partial charge is 0.396 e. The molecule has 20 heavy (non-hydrogen) atoms. The molecule has 0 amide bonds. The first-order valence-corrected chi connectivity index (χ1v) is 6.17. The van der Waals surface area contributed by atoms with Gasteiger partial charge in [0.15, 0.2) is 10.8 Å². The topological polar surface area (TPSA) is 113 Å². The zero-order valence-corrected chi connectivity index (χ0v) is 10.9. The van der Waals surface area contributed by atoms with Gasteiger partial charge in [-0.3, -0.25) is 0 Å². The first-order chi connectivity index (χ1) is 9.65. The Labute approximate surface area is 115 Å². The third kappa shape index (κ3) is 2.16. The summed E-state index contributed by atoms with van der Waals surface area (Å²) in [7, 11) is 1.64. The molecule has 0 atom stereocenters. The first kappa shape index (κ1) is 12.4. The van der Waals surface area contributed by atoms with Crippen LogP contribution in [0.2, 0.25) is 0 Å². The van der Waals surface area contributed by atoms with Gasteiger partial charge in [0.05, 0.1) is 6.26 Å². The van der Waals surface area contributed by atoms with Gasteiger partial charge in [-0.1, -0.05) is 0 Å². The average Bonchev–Trinajstić information content (AvgIpc) is 3.12. The fraction of sp³-hybridized carbons (Fsp3) is 0.100. The lowest BCUT2D eigenvalue weighted by Gasteiger charge is -1.96. The zero-order valence-electron chi connectivity index (χ0n) is 10.1. The summed E-state index contributed by atoms with van der Waals surface area (Å²) in [6, 6.07) is 3.37. The number of aryl methyl sites for hydroxylation is 1. The minimum Gasteiger partial charge on any atom is -0.459 e. The van der Waals surface area contributed by atoms with Crippen LogP contribution in [0.4, 0.5) is 5.82 Å². The Bertz CT molecular complexity index is 748. The Morgan fingerprint density at radius 1 is 1.45 bits per heavy atom. The first-order valence-electron chi connectivity index (χ1n) is 5.36. The predicted octanol–water partition coefficient (Wildman–Crippen LogP) is 2.12. The molecule has 0 saturated heterocycles. The van der Waals surface area contributed by atoms with Crippen LogP contribution in [-0.4, -0.2) is 24.7 Å². The van der Waals surface area contributed by atoms with Gasteiger partial charge in [-0.15, -0.1) is 10.2 Å². The van der Waals surface area contributed by atoms with Crippen LogP contribution < -0.4 is 0 Å². The molecule has 0 N–H and O–H groups in total. The molecule has 3 heterocycles. The molecule has 0 fully saturated rings. The number of aromatic nitrogens is 4. The van der Waals surface area contributed by atoms with Crippen LogP contribution in [0.15, 0.2) is 43.8 Å². The highest BCUT2D eigenvalue weighted by atomic mass is 32.2. The molecule has 0 bridgehead atoms. The van der Waals surface area contributed by atoms with E-state index in [1.54, 1.807) is 19.2 Å². The summed E-state index contributed by atoms with van der Waals surface area (Å²) >= 11 is 0.971. The maximum absolute atomic E-state index is 10.9. The molecule has 10 heteroatoms. The fourth-order valence-electron chi connectivity index (χ4n) is 1.48. The van der Waals surface area contributed by atoms with Crippen molar-refractivity contribution in [3.63, 3.8) is 0 Å². The van der Waals surface area contributed by atoms with E-state index in [9.17, 15) is 10.1 Å². The molecule has 3 aromatic heterocycles. The second-order valence-corrected chi connectivity index (χ2v) is 4.63. The van der Waals surface area contributed by atoms with Gasteiger partial charge in [-0.05, 0) is 33.8 Å². The lowest BCUT2D eigenvalue weighted by atomic mass is 10.5. The number of imidazole rings is 1. The van der Waals surface area contributed by atoms with Gasteiger partial charge in [-0.2, -0.15) is 0 Å². The third-order valence-electron chi connectivity index (χ3n) is 2.36. The summed E-state index contributed by atoms with van der Waals surface area (Å²) in [5.41, 5.74) is 0. The summed E-state index contributed by atoms with van der Waals surface area (Å²) in [5, 5.41) is 19.0. The van der Waals surface area contributed by atoms with Gasteiger partial charge < -0.3 is 23.5 Å². The summed E-state index contributed by atoms with van der Waals surface area (Å²) in [6.07, 6.45) is 2.84. The van der Waals surface area contributed by atoms with E-state index in [0.717, 1.165) is 11.8 Å². The number of nitrogens with zero attached hydrogens (tertiary/aromatic N) is 5. The summed E-state index contributed by atoms with van der Waals surface area (Å²) in [4.78, 5) is 14.0. The SMILES string of the molecule is Cn1cnc([N+](=O)[O-])c1Sc1nnc(-c2ccco2)o1. The molecule has 0 aliphatic heterocycles. The van der Waals surface area contributed by atoms with Gasteiger partial charge in [-0.25, -0.2) is 0 Å². The van der Waals surface area contributed by atoms with Gasteiger partial charge in [0, 0.05) is 7.05 Å². The van der Waals surface area contributed by atoms with Gasteiger partial charge in [0.1, 0.15) is 0 Å². The van der Waals surface area contributed by atoms with Crippen molar-refractivity contribution in [3.8, 4) is 11.7 Å². The van der Waals surface area contributed by atoms with Crippen molar-refractivity contribution in [3.05, 3.63) is 34.8 Å². The van der Waals surface area contributed by atoms with Crippen molar-refractivity contribution in [1.82, 2.24) is 19.7 Å². The van der Waals surface area contributed by atoms with Crippen molar-refractivity contribution >= 4 is 17.6 Å². The monoisotopic (exact) mass is 293 g/mol. The van der Waals surface area contributed by atoms with Crippen molar-refractivity contribution in [1.29, 1.82) is 0 Å². The van der Waals surface area contributed by atoms with Crippen LogP contribution in [0.5, 0.6) is 0 Å². The Kier molecular flexibility index (Phi) is 2.99. The molecule has 102 valence electrons. The minimum atomic E-state index is -0.563. The van der Waals surface area contributed by atoms with E-state index in [1.165, 1.54) is 17.2 Å². The lowest BCUT2D eigenvalue weighted by molar-refractivity contribution is -0.392. The Balaban J connectivity index is 1.89. The number of furan rings is 1. The molecular formula is C10H7N5O4S. The molecule has 0 unspecified atom stereocenters. The van der Waals surface area contributed by atoms with E-state index in [1.807, 2.05) is 0 Å². The maximum atomic E-state index is 10.9. The summed E-state index contributed by atoms with van der Waals surface area (Å²) < 4.78 is 12.0. The molecule has 0 aromatic carbocycles. The van der Waals surface area contributed by atoms with Crippen LogP contribution in [0.25, 0.3) is 11.7 Å². The molecule has 0 saturated carbocycles. The zero-order chi connectivity index (χ0) is 14.1. The van der Waals surface area contributed by atoms with Crippen molar-refractivity contribution in [2.45, 2.75) is 10.2 Å². The average molecular weight is 293 g/mol. The van der Waals surface area contributed by atoms with Crippen LogP contribution >= 0.6 is 11.8 Å². The summed E-state index contributed by atoms with van der Waals surface area (Å²) in [5.74, 6) is 0.390. The molecule has 9 nitrogen and oxygen atoms in total. The molecule has 0 aliphatic carbocycles. The summed E-state index contributed by atoms with van der Waals surface area (Å²) in [6.45, 7) is 0. The van der Waals surface area contributed by atoms with E-state index >= 15 is 0 Å². The van der Waals surface area contributed by atoms with Gasteiger partial charge in [0.25, 0.3) is 11.1 Å². The Morgan fingerprint density at radius 2 is 2.30 bits per heavy atom. The molecule has 3 aromatic rings. The second-order valence-electron chi connectivity index (χ2n) is 3.69. The highest BCUT2D eigenvalue weighted by molar-refractivity contribution is 7.99. The van der Waals surface area contributed by atoms with E-state index in [2.05, 4.69) is 15.2 Å². The van der Waals surface area contributed by atoms with Gasteiger partial charge in [0.2, 0.25) is 6.33 Å². The minimum absolute atomic E-state index is 0.170. The van der Waals surface area contributed by atoms with Crippen molar-refractivity contribution in [2.75, 3.05) is 0 Å². The number of nitro groups is 1. The molecule has 0 spiro atoms. The predicted molar refractivity (Wildman–Crippen MR) is 66.0 cm³/mol. The number of hydrogen-bond acceptors (Lipinski definition) is 8. The fourth-order valence-corrected chi connectivity index (χ4v) is 2.26. The van der Waals surface area contributed by atoms with Crippen LogP contribution in [0.3, 0.4) is 0 Å². The normalized spacial score (nSPS) is 10.8. The number of hydrogen-bond donors (Lipinski definition) is 0. The third-order valence-corrected chi connectivity index (χ3v) is 3.36. The highest BCUT2D eigenvalue weighted by Crippen LogP contribution is 2.33. The van der Waals surface area contributed by atoms with Crippen LogP contribution in [0, 0.1) is 10.1 Å². The van der Waals surface area contributed by atoms with Crippen molar-refractivity contribution in [2.24, 2.45) is 7.05 Å². The molecular weight excluding hydrogens is 286 g/mol. The van der Waals surface area contributed by atoms with E-state index in [-0.39, 0.29) is 16.9 Å². The van der Waals surface area contributed by atoms with E-state index < -0.39 is 4.92 Å². The molecule has 0 radical (unpaired) electrons. The maximum Gasteiger partial charge on any atom is 0.396 e. The lowest BCUT2D eigenvalue weighted by Crippen LogP contribution is -1.93. The Hall–Kier alpha value is -2.62. The largest absolute Gasteiger partial charge is 0.459 e. The van der Waals surface area contributed by atoms with E-state index in [4.69, 9.17) is 8.83 Å².